The van der Waals surface area contributed by atoms with Gasteiger partial charge in [-0.1, -0.05) is 38.1 Å². The fraction of sp³-hybridized carbons (Fsp3) is 0.316. The number of amides is 2. The van der Waals surface area contributed by atoms with Gasteiger partial charge in [0.2, 0.25) is 5.91 Å². The van der Waals surface area contributed by atoms with Gasteiger partial charge in [-0.15, -0.1) is 0 Å². The molecule has 25 heavy (non-hydrogen) atoms. The van der Waals surface area contributed by atoms with Crippen LogP contribution in [-0.4, -0.2) is 16.4 Å². The molecule has 1 aromatic heterocycles. The van der Waals surface area contributed by atoms with E-state index in [1.807, 2.05) is 31.2 Å². The molecule has 6 heteroatoms. The van der Waals surface area contributed by atoms with Crippen LogP contribution >= 0.6 is 0 Å². The van der Waals surface area contributed by atoms with Crippen molar-refractivity contribution in [3.05, 3.63) is 69.6 Å². The third-order valence-corrected chi connectivity index (χ3v) is 4.04. The van der Waals surface area contributed by atoms with Crippen LogP contribution in [0.25, 0.3) is 0 Å². The highest BCUT2D eigenvalue weighted by molar-refractivity contribution is 5.94. The summed E-state index contributed by atoms with van der Waals surface area (Å²) in [6, 6.07) is 10.7. The molecule has 0 aliphatic heterocycles. The zero-order valence-electron chi connectivity index (χ0n) is 14.7. The minimum absolute atomic E-state index is 0.0191. The molecule has 6 nitrogen and oxygen atoms in total. The summed E-state index contributed by atoms with van der Waals surface area (Å²) in [6.07, 6.45) is 1.43. The van der Waals surface area contributed by atoms with Crippen molar-refractivity contribution in [3.8, 4) is 0 Å². The van der Waals surface area contributed by atoms with Gasteiger partial charge in [0.1, 0.15) is 12.1 Å². The summed E-state index contributed by atoms with van der Waals surface area (Å²) in [5.74, 6) is -0.686. The van der Waals surface area contributed by atoms with Crippen LogP contribution in [0.3, 0.4) is 0 Å². The van der Waals surface area contributed by atoms with Crippen LogP contribution in [0.2, 0.25) is 0 Å². The topological polar surface area (TPSA) is 94.2 Å². The molecule has 3 N–H and O–H groups in total. The number of pyridine rings is 1. The molecule has 2 rings (SSSR count). The van der Waals surface area contributed by atoms with Crippen LogP contribution in [0.5, 0.6) is 0 Å². The van der Waals surface area contributed by atoms with Crippen molar-refractivity contribution in [2.75, 3.05) is 0 Å². The van der Waals surface area contributed by atoms with Crippen molar-refractivity contribution in [2.45, 2.75) is 39.3 Å². The van der Waals surface area contributed by atoms with Crippen molar-refractivity contribution >= 4 is 11.8 Å². The molecule has 1 aromatic carbocycles. The molecule has 0 bridgehead atoms. The van der Waals surface area contributed by atoms with Gasteiger partial charge in [-0.05, 0) is 36.1 Å². The Hall–Kier alpha value is -2.89. The first kappa shape index (κ1) is 18.4. The summed E-state index contributed by atoms with van der Waals surface area (Å²) >= 11 is 0. The van der Waals surface area contributed by atoms with E-state index in [0.717, 1.165) is 10.1 Å². The van der Waals surface area contributed by atoms with E-state index in [0.29, 0.717) is 5.92 Å². The van der Waals surface area contributed by atoms with Crippen LogP contribution < -0.4 is 16.6 Å². The molecule has 132 valence electrons. The Morgan fingerprint density at radius 2 is 1.68 bits per heavy atom. The quantitative estimate of drug-likeness (QED) is 0.841. The van der Waals surface area contributed by atoms with Crippen LogP contribution in [0, 0.1) is 0 Å². The second kappa shape index (κ2) is 7.79. The maximum Gasteiger partial charge on any atom is 0.263 e. The van der Waals surface area contributed by atoms with E-state index >= 15 is 0 Å². The number of hydrogen-bond acceptors (Lipinski definition) is 3. The van der Waals surface area contributed by atoms with Gasteiger partial charge in [0.05, 0.1) is 6.04 Å². The number of nitrogens with zero attached hydrogens (tertiary/aromatic N) is 1. The Labute approximate surface area is 146 Å². The fourth-order valence-corrected chi connectivity index (χ4v) is 2.53. The van der Waals surface area contributed by atoms with Gasteiger partial charge >= 0.3 is 0 Å². The average Bonchev–Trinajstić information content (AvgIpc) is 2.56. The van der Waals surface area contributed by atoms with Gasteiger partial charge in [0.15, 0.2) is 0 Å². The van der Waals surface area contributed by atoms with Crippen LogP contribution in [0.1, 0.15) is 54.2 Å². The van der Waals surface area contributed by atoms with Crippen LogP contribution in [-0.2, 0) is 11.3 Å². The van der Waals surface area contributed by atoms with E-state index < -0.39 is 17.4 Å². The third kappa shape index (κ3) is 4.56. The summed E-state index contributed by atoms with van der Waals surface area (Å²) in [7, 11) is 0. The maximum atomic E-state index is 12.4. The number of hydrogen-bond donors (Lipinski definition) is 2. The highest BCUT2D eigenvalue weighted by Crippen LogP contribution is 2.18. The van der Waals surface area contributed by atoms with E-state index in [-0.39, 0.29) is 18.2 Å². The molecule has 0 aliphatic rings. The Morgan fingerprint density at radius 3 is 2.24 bits per heavy atom. The molecule has 1 atom stereocenters. The van der Waals surface area contributed by atoms with Gasteiger partial charge in [-0.25, -0.2) is 0 Å². The van der Waals surface area contributed by atoms with Crippen molar-refractivity contribution < 1.29 is 9.59 Å². The lowest BCUT2D eigenvalue weighted by Gasteiger charge is -2.16. The number of primary amides is 1. The molecule has 1 heterocycles. The molecule has 2 amide bonds. The number of aromatic nitrogens is 1. The zero-order chi connectivity index (χ0) is 18.6. The van der Waals surface area contributed by atoms with Crippen LogP contribution in [0.4, 0.5) is 0 Å². The first-order valence-electron chi connectivity index (χ1n) is 8.18. The number of benzene rings is 1. The Kier molecular flexibility index (Phi) is 5.75. The molecule has 0 saturated carbocycles. The second-order valence-electron chi connectivity index (χ2n) is 6.34. The summed E-state index contributed by atoms with van der Waals surface area (Å²) < 4.78 is 1.12. The molecule has 0 spiro atoms. The Morgan fingerprint density at radius 1 is 1.08 bits per heavy atom. The summed E-state index contributed by atoms with van der Waals surface area (Å²) in [5.41, 5.74) is 6.72. The van der Waals surface area contributed by atoms with Crippen molar-refractivity contribution in [1.29, 1.82) is 0 Å². The van der Waals surface area contributed by atoms with Gasteiger partial charge in [-0.3, -0.25) is 14.4 Å². The highest BCUT2D eigenvalue weighted by atomic mass is 16.2. The van der Waals surface area contributed by atoms with E-state index in [1.54, 1.807) is 6.07 Å². The lowest BCUT2D eigenvalue weighted by molar-refractivity contribution is -0.118. The molecular formula is C19H23N3O3. The van der Waals surface area contributed by atoms with Gasteiger partial charge in [0, 0.05) is 6.20 Å². The van der Waals surface area contributed by atoms with Crippen molar-refractivity contribution in [2.24, 2.45) is 5.73 Å². The van der Waals surface area contributed by atoms with Crippen molar-refractivity contribution in [1.82, 2.24) is 9.88 Å². The zero-order valence-corrected chi connectivity index (χ0v) is 14.7. The Bertz CT molecular complexity index is 823. The number of carbonyl (C=O) groups excluding carboxylic acids is 2. The summed E-state index contributed by atoms with van der Waals surface area (Å²) in [6.45, 7) is 5.83. The van der Waals surface area contributed by atoms with Crippen molar-refractivity contribution in [3.63, 3.8) is 0 Å². The minimum Gasteiger partial charge on any atom is -0.368 e. The molecule has 0 aliphatic carbocycles. The van der Waals surface area contributed by atoms with Gasteiger partial charge in [-0.2, -0.15) is 0 Å². The molecule has 0 fully saturated rings. The smallest absolute Gasteiger partial charge is 0.263 e. The Balaban J connectivity index is 2.16. The van der Waals surface area contributed by atoms with E-state index in [4.69, 9.17) is 5.73 Å². The average molecular weight is 341 g/mol. The van der Waals surface area contributed by atoms with E-state index in [2.05, 4.69) is 19.2 Å². The number of carbonyl (C=O) groups is 2. The predicted molar refractivity (Wildman–Crippen MR) is 96.3 cm³/mol. The molecular weight excluding hydrogens is 318 g/mol. The normalized spacial score (nSPS) is 12.0. The lowest BCUT2D eigenvalue weighted by atomic mass is 9.99. The first-order valence-corrected chi connectivity index (χ1v) is 8.18. The van der Waals surface area contributed by atoms with E-state index in [9.17, 15) is 14.4 Å². The monoisotopic (exact) mass is 341 g/mol. The van der Waals surface area contributed by atoms with Gasteiger partial charge in [0.25, 0.3) is 11.5 Å². The second-order valence-corrected chi connectivity index (χ2v) is 6.34. The molecule has 0 saturated heterocycles. The first-order chi connectivity index (χ1) is 11.8. The molecule has 0 radical (unpaired) electrons. The van der Waals surface area contributed by atoms with E-state index in [1.165, 1.54) is 17.8 Å². The number of nitrogens with one attached hydrogen (secondary N) is 1. The molecule has 1 unspecified atom stereocenters. The SMILES string of the molecule is CC(C)c1ccc(C(C)NC(=O)c2cccn(CC(N)=O)c2=O)cc1. The predicted octanol–water partition coefficient (Wildman–Crippen LogP) is 1.95. The van der Waals surface area contributed by atoms with Gasteiger partial charge < -0.3 is 15.6 Å². The lowest BCUT2D eigenvalue weighted by Crippen LogP contribution is -2.35. The maximum absolute atomic E-state index is 12.4. The summed E-state index contributed by atoms with van der Waals surface area (Å²) in [4.78, 5) is 35.7. The summed E-state index contributed by atoms with van der Waals surface area (Å²) in [5, 5.41) is 2.81. The minimum atomic E-state index is -0.640. The third-order valence-electron chi connectivity index (χ3n) is 4.04. The largest absolute Gasteiger partial charge is 0.368 e. The fourth-order valence-electron chi connectivity index (χ4n) is 2.53. The highest BCUT2D eigenvalue weighted by Gasteiger charge is 2.16. The number of rotatable bonds is 6. The standard InChI is InChI=1S/C19H23N3O3/c1-12(2)14-6-8-15(9-7-14)13(3)21-18(24)16-5-4-10-22(19(16)25)11-17(20)23/h4-10,12-13H,11H2,1-3H3,(H2,20,23)(H,21,24). The number of nitrogens with two attached hydrogens (primary N) is 1. The van der Waals surface area contributed by atoms with Crippen LogP contribution in [0.15, 0.2) is 47.4 Å². The molecule has 2 aromatic rings.